The third-order valence-corrected chi connectivity index (χ3v) is 4.89. The molecule has 0 atom stereocenters. The van der Waals surface area contributed by atoms with E-state index >= 15 is 0 Å². The summed E-state index contributed by atoms with van der Waals surface area (Å²) in [6.07, 6.45) is 2.22. The summed E-state index contributed by atoms with van der Waals surface area (Å²) in [6, 6.07) is 21.6. The fraction of sp³-hybridized carbons (Fsp3) is 0.154. The van der Waals surface area contributed by atoms with Gasteiger partial charge in [0.25, 0.3) is 5.91 Å². The summed E-state index contributed by atoms with van der Waals surface area (Å²) in [5, 5.41) is 9.15. The van der Waals surface area contributed by atoms with Gasteiger partial charge in [0.05, 0.1) is 6.21 Å². The van der Waals surface area contributed by atoms with Gasteiger partial charge in [0.2, 0.25) is 0 Å². The number of ether oxygens (including phenoxy) is 1. The largest absolute Gasteiger partial charge is 0.483 e. The summed E-state index contributed by atoms with van der Waals surface area (Å²) < 4.78 is 5.62. The molecule has 0 aliphatic heterocycles. The Morgan fingerprint density at radius 2 is 1.59 bits per heavy atom. The SMILES string of the molecule is CCc1ccc(NC(=O)C(=O)N/N=C\c2ccccc2OCC(=O)Nc2ccccc2C)cc1. The highest BCUT2D eigenvalue weighted by Gasteiger charge is 2.13. The lowest BCUT2D eigenvalue weighted by Crippen LogP contribution is -2.32. The van der Waals surface area contributed by atoms with Crippen LogP contribution in [0.5, 0.6) is 5.75 Å². The Morgan fingerprint density at radius 1 is 0.882 bits per heavy atom. The van der Waals surface area contributed by atoms with E-state index in [0.29, 0.717) is 22.7 Å². The van der Waals surface area contributed by atoms with Gasteiger partial charge in [0.15, 0.2) is 6.61 Å². The van der Waals surface area contributed by atoms with Gasteiger partial charge in [-0.05, 0) is 54.8 Å². The first-order valence-corrected chi connectivity index (χ1v) is 10.8. The Labute approximate surface area is 198 Å². The van der Waals surface area contributed by atoms with E-state index in [4.69, 9.17) is 4.74 Å². The topological polar surface area (TPSA) is 109 Å². The van der Waals surface area contributed by atoms with Gasteiger partial charge in [-0.2, -0.15) is 5.10 Å². The number of hydrogen-bond donors (Lipinski definition) is 3. The maximum Gasteiger partial charge on any atom is 0.329 e. The van der Waals surface area contributed by atoms with Crippen molar-refractivity contribution in [2.45, 2.75) is 20.3 Å². The van der Waals surface area contributed by atoms with Gasteiger partial charge < -0.3 is 15.4 Å². The lowest BCUT2D eigenvalue weighted by atomic mass is 10.1. The highest BCUT2D eigenvalue weighted by atomic mass is 16.5. The van der Waals surface area contributed by atoms with Crippen LogP contribution in [0.3, 0.4) is 0 Å². The summed E-state index contributed by atoms with van der Waals surface area (Å²) in [6.45, 7) is 3.73. The summed E-state index contributed by atoms with van der Waals surface area (Å²) in [4.78, 5) is 36.3. The highest BCUT2D eigenvalue weighted by Crippen LogP contribution is 2.17. The molecule has 0 bridgehead atoms. The van der Waals surface area contributed by atoms with Crippen LogP contribution in [-0.4, -0.2) is 30.5 Å². The Balaban J connectivity index is 1.52. The van der Waals surface area contributed by atoms with Crippen LogP contribution >= 0.6 is 0 Å². The summed E-state index contributed by atoms with van der Waals surface area (Å²) >= 11 is 0. The van der Waals surface area contributed by atoms with Crippen LogP contribution in [0.15, 0.2) is 77.9 Å². The van der Waals surface area contributed by atoms with Crippen LogP contribution in [0.1, 0.15) is 23.6 Å². The first-order chi connectivity index (χ1) is 16.5. The highest BCUT2D eigenvalue weighted by molar-refractivity contribution is 6.39. The molecule has 8 nitrogen and oxygen atoms in total. The first-order valence-electron chi connectivity index (χ1n) is 10.8. The standard InChI is InChI=1S/C26H26N4O4/c1-3-19-12-14-21(15-13-19)28-25(32)26(33)30-27-16-20-9-5-7-11-23(20)34-17-24(31)29-22-10-6-4-8-18(22)2/h4-16H,3,17H2,1-2H3,(H,28,32)(H,29,31)(H,30,33)/b27-16-. The second kappa shape index (κ2) is 12.0. The van der Waals surface area contributed by atoms with Crippen LogP contribution in [0.4, 0.5) is 11.4 Å². The molecule has 0 saturated heterocycles. The van der Waals surface area contributed by atoms with E-state index in [-0.39, 0.29) is 12.5 Å². The number of para-hydroxylation sites is 2. The van der Waals surface area contributed by atoms with Gasteiger partial charge in [-0.15, -0.1) is 0 Å². The van der Waals surface area contributed by atoms with Gasteiger partial charge in [0, 0.05) is 16.9 Å². The van der Waals surface area contributed by atoms with Gasteiger partial charge in [0.1, 0.15) is 5.75 Å². The predicted octanol–water partition coefficient (Wildman–Crippen LogP) is 3.66. The van der Waals surface area contributed by atoms with Crippen LogP contribution in [0.25, 0.3) is 0 Å². The van der Waals surface area contributed by atoms with Crippen LogP contribution < -0.4 is 20.8 Å². The molecule has 0 aliphatic carbocycles. The Kier molecular flexibility index (Phi) is 8.51. The van der Waals surface area contributed by atoms with Gasteiger partial charge in [-0.1, -0.05) is 49.4 Å². The van der Waals surface area contributed by atoms with Crippen molar-refractivity contribution in [2.75, 3.05) is 17.2 Å². The molecule has 0 radical (unpaired) electrons. The van der Waals surface area contributed by atoms with Crippen molar-refractivity contribution in [3.05, 3.63) is 89.5 Å². The molecule has 34 heavy (non-hydrogen) atoms. The number of carbonyl (C=O) groups is 3. The van der Waals surface area contributed by atoms with Crippen LogP contribution in [0.2, 0.25) is 0 Å². The maximum atomic E-state index is 12.2. The third-order valence-electron chi connectivity index (χ3n) is 4.89. The minimum absolute atomic E-state index is 0.204. The van der Waals surface area contributed by atoms with Gasteiger partial charge >= 0.3 is 11.8 Å². The van der Waals surface area contributed by atoms with Crippen molar-refractivity contribution < 1.29 is 19.1 Å². The number of anilines is 2. The van der Waals surface area contributed by atoms with E-state index in [2.05, 4.69) is 21.2 Å². The number of rotatable bonds is 8. The average molecular weight is 459 g/mol. The molecule has 174 valence electrons. The van der Waals surface area contributed by atoms with Crippen molar-refractivity contribution in [2.24, 2.45) is 5.10 Å². The molecule has 0 fully saturated rings. The summed E-state index contributed by atoms with van der Waals surface area (Å²) in [5.74, 6) is -1.65. The van der Waals surface area contributed by atoms with Crippen molar-refractivity contribution in [1.29, 1.82) is 0 Å². The molecule has 3 amide bonds. The Bertz CT molecular complexity index is 1190. The zero-order chi connectivity index (χ0) is 24.3. The number of amides is 3. The first kappa shape index (κ1) is 24.2. The van der Waals surface area contributed by atoms with E-state index in [1.807, 2.05) is 50.2 Å². The van der Waals surface area contributed by atoms with E-state index in [0.717, 1.165) is 17.5 Å². The average Bonchev–Trinajstić information content (AvgIpc) is 2.85. The molecular weight excluding hydrogens is 432 g/mol. The summed E-state index contributed by atoms with van der Waals surface area (Å²) in [7, 11) is 0. The van der Waals surface area contributed by atoms with Gasteiger partial charge in [-0.3, -0.25) is 14.4 Å². The van der Waals surface area contributed by atoms with Crippen molar-refractivity contribution >= 4 is 35.3 Å². The number of nitrogens with zero attached hydrogens (tertiary/aromatic N) is 1. The third kappa shape index (κ3) is 7.03. The molecule has 0 aromatic heterocycles. The van der Waals surface area contributed by atoms with E-state index < -0.39 is 11.8 Å². The molecule has 3 N–H and O–H groups in total. The number of hydrogen-bond acceptors (Lipinski definition) is 5. The van der Waals surface area contributed by atoms with Crippen molar-refractivity contribution in [3.63, 3.8) is 0 Å². The molecular formula is C26H26N4O4. The lowest BCUT2D eigenvalue weighted by molar-refractivity contribution is -0.136. The maximum absolute atomic E-state index is 12.2. The smallest absolute Gasteiger partial charge is 0.329 e. The monoisotopic (exact) mass is 458 g/mol. The molecule has 0 aliphatic rings. The Hall–Kier alpha value is -4.46. The van der Waals surface area contributed by atoms with Crippen LogP contribution in [-0.2, 0) is 20.8 Å². The second-order valence-corrected chi connectivity index (χ2v) is 7.39. The molecule has 3 aromatic carbocycles. The minimum Gasteiger partial charge on any atom is -0.483 e. The number of benzene rings is 3. The van der Waals surface area contributed by atoms with Crippen molar-refractivity contribution in [3.8, 4) is 5.75 Å². The fourth-order valence-electron chi connectivity index (χ4n) is 2.98. The molecule has 0 heterocycles. The van der Waals surface area contributed by atoms with Crippen LogP contribution in [0, 0.1) is 6.92 Å². The minimum atomic E-state index is -0.910. The molecule has 3 aromatic rings. The number of aryl methyl sites for hydroxylation is 2. The van der Waals surface area contributed by atoms with E-state index in [1.165, 1.54) is 6.21 Å². The molecule has 3 rings (SSSR count). The fourth-order valence-corrected chi connectivity index (χ4v) is 2.98. The number of hydrazone groups is 1. The van der Waals surface area contributed by atoms with Crippen molar-refractivity contribution in [1.82, 2.24) is 5.43 Å². The molecule has 0 saturated carbocycles. The molecule has 0 spiro atoms. The zero-order valence-electron chi connectivity index (χ0n) is 19.0. The van der Waals surface area contributed by atoms with E-state index in [1.54, 1.807) is 36.4 Å². The molecule has 8 heteroatoms. The van der Waals surface area contributed by atoms with Gasteiger partial charge in [-0.25, -0.2) is 5.43 Å². The summed E-state index contributed by atoms with van der Waals surface area (Å²) in [5.41, 5.74) is 6.02. The quantitative estimate of drug-likeness (QED) is 0.272. The Morgan fingerprint density at radius 3 is 2.32 bits per heavy atom. The van der Waals surface area contributed by atoms with E-state index in [9.17, 15) is 14.4 Å². The normalized spacial score (nSPS) is 10.5. The zero-order valence-corrected chi connectivity index (χ0v) is 19.0. The number of nitrogens with one attached hydrogen (secondary N) is 3. The molecule has 0 unspecified atom stereocenters. The lowest BCUT2D eigenvalue weighted by Gasteiger charge is -2.11. The predicted molar refractivity (Wildman–Crippen MR) is 132 cm³/mol. The second-order valence-electron chi connectivity index (χ2n) is 7.39. The number of carbonyl (C=O) groups excluding carboxylic acids is 3.